The average molecular weight is 431 g/mol. The van der Waals surface area contributed by atoms with Crippen LogP contribution in [0.3, 0.4) is 0 Å². The third-order valence-electron chi connectivity index (χ3n) is 5.18. The number of sulfonamides is 2. The van der Waals surface area contributed by atoms with Gasteiger partial charge in [-0.15, -0.1) is 0 Å². The van der Waals surface area contributed by atoms with Crippen molar-refractivity contribution in [1.29, 1.82) is 0 Å². The quantitative estimate of drug-likeness (QED) is 0.638. The molecule has 29 heavy (non-hydrogen) atoms. The first-order chi connectivity index (χ1) is 13.8. The van der Waals surface area contributed by atoms with Crippen molar-refractivity contribution < 1.29 is 16.8 Å². The fourth-order valence-electron chi connectivity index (χ4n) is 3.55. The summed E-state index contributed by atoms with van der Waals surface area (Å²) in [5.41, 5.74) is 0.864. The maximum atomic E-state index is 13.1. The summed E-state index contributed by atoms with van der Waals surface area (Å²) < 4.78 is 54.6. The van der Waals surface area contributed by atoms with Crippen LogP contribution < -0.4 is 0 Å². The summed E-state index contributed by atoms with van der Waals surface area (Å²) in [6, 6.07) is 19.4. The van der Waals surface area contributed by atoms with Crippen molar-refractivity contribution in [3.05, 3.63) is 72.3 Å². The molecule has 0 radical (unpaired) electrons. The molecule has 0 bridgehead atoms. The summed E-state index contributed by atoms with van der Waals surface area (Å²) in [6.07, 6.45) is 0. The molecule has 0 amide bonds. The minimum Gasteiger partial charge on any atom is -0.207 e. The number of benzene rings is 3. The normalized spacial score (nSPS) is 16.9. The topological polar surface area (TPSA) is 74.8 Å². The molecule has 152 valence electrons. The maximum absolute atomic E-state index is 13.1. The molecule has 4 rings (SSSR count). The molecule has 0 aliphatic carbocycles. The van der Waals surface area contributed by atoms with Gasteiger partial charge in [-0.25, -0.2) is 16.8 Å². The smallest absolute Gasteiger partial charge is 0.207 e. The van der Waals surface area contributed by atoms with E-state index in [0.29, 0.717) is 0 Å². The maximum Gasteiger partial charge on any atom is 0.243 e. The van der Waals surface area contributed by atoms with Crippen molar-refractivity contribution in [3.8, 4) is 0 Å². The summed E-state index contributed by atoms with van der Waals surface area (Å²) in [6.45, 7) is 2.35. The lowest BCUT2D eigenvalue weighted by Gasteiger charge is -2.33. The van der Waals surface area contributed by atoms with Crippen LogP contribution in [0, 0.1) is 6.92 Å². The van der Waals surface area contributed by atoms with Gasteiger partial charge in [0.05, 0.1) is 9.79 Å². The van der Waals surface area contributed by atoms with Gasteiger partial charge < -0.3 is 0 Å². The Balaban J connectivity index is 1.54. The Labute approximate surface area is 171 Å². The predicted molar refractivity (Wildman–Crippen MR) is 113 cm³/mol. The van der Waals surface area contributed by atoms with Gasteiger partial charge in [0.15, 0.2) is 0 Å². The highest BCUT2D eigenvalue weighted by Gasteiger charge is 2.33. The van der Waals surface area contributed by atoms with Gasteiger partial charge in [-0.2, -0.15) is 8.61 Å². The highest BCUT2D eigenvalue weighted by Crippen LogP contribution is 2.24. The van der Waals surface area contributed by atoms with Gasteiger partial charge in [-0.05, 0) is 47.5 Å². The molecular weight excluding hydrogens is 408 g/mol. The van der Waals surface area contributed by atoms with Gasteiger partial charge in [0.1, 0.15) is 0 Å². The van der Waals surface area contributed by atoms with Crippen molar-refractivity contribution in [1.82, 2.24) is 8.61 Å². The minimum absolute atomic E-state index is 0.125. The summed E-state index contributed by atoms with van der Waals surface area (Å²) in [7, 11) is -7.32. The molecule has 0 N–H and O–H groups in total. The van der Waals surface area contributed by atoms with Gasteiger partial charge in [-0.1, -0.05) is 42.5 Å². The Hall–Kier alpha value is -2.26. The largest absolute Gasteiger partial charge is 0.243 e. The van der Waals surface area contributed by atoms with E-state index in [1.165, 1.54) is 8.61 Å². The molecule has 1 aliphatic heterocycles. The molecule has 1 fully saturated rings. The number of aryl methyl sites for hydroxylation is 1. The van der Waals surface area contributed by atoms with Crippen molar-refractivity contribution in [3.63, 3.8) is 0 Å². The zero-order valence-electron chi connectivity index (χ0n) is 16.0. The predicted octanol–water partition coefficient (Wildman–Crippen LogP) is 2.84. The van der Waals surface area contributed by atoms with E-state index >= 15 is 0 Å². The van der Waals surface area contributed by atoms with E-state index in [2.05, 4.69) is 0 Å². The zero-order chi connectivity index (χ0) is 20.6. The van der Waals surface area contributed by atoms with Crippen molar-refractivity contribution in [2.24, 2.45) is 0 Å². The molecule has 0 unspecified atom stereocenters. The number of fused-ring (bicyclic) bond motifs is 1. The molecule has 8 heteroatoms. The van der Waals surface area contributed by atoms with Crippen molar-refractivity contribution in [2.75, 3.05) is 26.2 Å². The number of nitrogens with zero attached hydrogens (tertiary/aromatic N) is 2. The fourth-order valence-corrected chi connectivity index (χ4v) is 6.54. The van der Waals surface area contributed by atoms with Crippen LogP contribution in [-0.4, -0.2) is 51.6 Å². The Morgan fingerprint density at radius 3 is 1.76 bits per heavy atom. The van der Waals surface area contributed by atoms with E-state index in [1.54, 1.807) is 36.4 Å². The summed E-state index contributed by atoms with van der Waals surface area (Å²) in [4.78, 5) is 0.467. The van der Waals surface area contributed by atoms with Crippen LogP contribution in [-0.2, 0) is 20.0 Å². The minimum atomic E-state index is -3.68. The van der Waals surface area contributed by atoms with Crippen LogP contribution in [0.1, 0.15) is 5.56 Å². The molecule has 0 aromatic heterocycles. The molecule has 3 aromatic rings. The standard InChI is InChI=1S/C21H22N2O4S2/c1-17-5-4-8-20(15-17)28(24,25)22-11-13-23(14-12-22)29(26,27)21-10-9-18-6-2-3-7-19(18)16-21/h2-10,15-16H,11-14H2,1H3. The number of hydrogen-bond acceptors (Lipinski definition) is 4. The van der Waals surface area contributed by atoms with Gasteiger partial charge in [0.2, 0.25) is 20.0 Å². The third-order valence-corrected chi connectivity index (χ3v) is 8.97. The molecule has 1 heterocycles. The van der Waals surface area contributed by atoms with E-state index in [-0.39, 0.29) is 36.0 Å². The molecule has 3 aromatic carbocycles. The first-order valence-corrected chi connectivity index (χ1v) is 12.2. The summed E-state index contributed by atoms with van der Waals surface area (Å²) in [5.74, 6) is 0. The van der Waals surface area contributed by atoms with Crippen LogP contribution in [0.25, 0.3) is 10.8 Å². The Kier molecular flexibility index (Phi) is 5.20. The summed E-state index contributed by atoms with van der Waals surface area (Å²) in [5, 5.41) is 1.83. The van der Waals surface area contributed by atoms with Gasteiger partial charge >= 0.3 is 0 Å². The van der Waals surface area contributed by atoms with E-state index in [1.807, 2.05) is 37.3 Å². The highest BCUT2D eigenvalue weighted by atomic mass is 32.2. The number of hydrogen-bond donors (Lipinski definition) is 0. The lowest BCUT2D eigenvalue weighted by Crippen LogP contribution is -2.50. The van der Waals surface area contributed by atoms with Gasteiger partial charge in [0.25, 0.3) is 0 Å². The first-order valence-electron chi connectivity index (χ1n) is 9.34. The van der Waals surface area contributed by atoms with E-state index in [9.17, 15) is 16.8 Å². The van der Waals surface area contributed by atoms with Gasteiger partial charge in [-0.3, -0.25) is 0 Å². The van der Waals surface area contributed by atoms with E-state index in [4.69, 9.17) is 0 Å². The molecule has 6 nitrogen and oxygen atoms in total. The number of piperazine rings is 1. The summed E-state index contributed by atoms with van der Waals surface area (Å²) >= 11 is 0. The van der Waals surface area contributed by atoms with Crippen molar-refractivity contribution >= 4 is 30.8 Å². The second-order valence-electron chi connectivity index (χ2n) is 7.13. The number of rotatable bonds is 4. The van der Waals surface area contributed by atoms with Crippen molar-refractivity contribution in [2.45, 2.75) is 16.7 Å². The highest BCUT2D eigenvalue weighted by molar-refractivity contribution is 7.89. The molecule has 1 aliphatic rings. The molecule has 0 atom stereocenters. The zero-order valence-corrected chi connectivity index (χ0v) is 17.7. The van der Waals surface area contributed by atoms with Crippen LogP contribution in [0.4, 0.5) is 0 Å². The van der Waals surface area contributed by atoms with Crippen LogP contribution in [0.2, 0.25) is 0 Å². The second-order valence-corrected chi connectivity index (χ2v) is 11.0. The second kappa shape index (κ2) is 7.53. The first kappa shape index (κ1) is 20.0. The molecule has 0 spiro atoms. The fraction of sp³-hybridized carbons (Fsp3) is 0.238. The van der Waals surface area contributed by atoms with E-state index in [0.717, 1.165) is 16.3 Å². The average Bonchev–Trinajstić information content (AvgIpc) is 2.73. The van der Waals surface area contributed by atoms with Crippen LogP contribution >= 0.6 is 0 Å². The SMILES string of the molecule is Cc1cccc(S(=O)(=O)N2CCN(S(=O)(=O)c3ccc4ccccc4c3)CC2)c1. The monoisotopic (exact) mass is 430 g/mol. The van der Waals surface area contributed by atoms with Crippen LogP contribution in [0.5, 0.6) is 0 Å². The Bertz CT molecular complexity index is 1260. The third kappa shape index (κ3) is 3.81. The molecular formula is C21H22N2O4S2. The molecule has 1 saturated heterocycles. The molecule has 0 saturated carbocycles. The lowest BCUT2D eigenvalue weighted by atomic mass is 10.1. The van der Waals surface area contributed by atoms with E-state index < -0.39 is 20.0 Å². The Morgan fingerprint density at radius 2 is 1.17 bits per heavy atom. The lowest BCUT2D eigenvalue weighted by molar-refractivity contribution is 0.273. The Morgan fingerprint density at radius 1 is 0.621 bits per heavy atom. The van der Waals surface area contributed by atoms with Gasteiger partial charge in [0, 0.05) is 26.2 Å². The van der Waals surface area contributed by atoms with Crippen LogP contribution in [0.15, 0.2) is 76.5 Å².